The molecular formula is C27H38. The largest absolute Gasteiger partial charge is 0.0683 e. The molecule has 2 bridgehead atoms. The van der Waals surface area contributed by atoms with Crippen LogP contribution in [-0.4, -0.2) is 0 Å². The van der Waals surface area contributed by atoms with Gasteiger partial charge in [-0.2, -0.15) is 0 Å². The van der Waals surface area contributed by atoms with E-state index in [-0.39, 0.29) is 5.41 Å². The van der Waals surface area contributed by atoms with Gasteiger partial charge in [-0.25, -0.2) is 0 Å². The van der Waals surface area contributed by atoms with E-state index >= 15 is 0 Å². The van der Waals surface area contributed by atoms with Gasteiger partial charge < -0.3 is 0 Å². The molecule has 0 saturated heterocycles. The normalized spacial score (nSPS) is 26.6. The molecule has 0 aromatic heterocycles. The van der Waals surface area contributed by atoms with Gasteiger partial charge >= 0.3 is 0 Å². The summed E-state index contributed by atoms with van der Waals surface area (Å²) in [5, 5.41) is 0. The predicted molar refractivity (Wildman–Crippen MR) is 120 cm³/mol. The highest BCUT2D eigenvalue weighted by atomic mass is 14.6. The lowest BCUT2D eigenvalue weighted by atomic mass is 9.63. The molecular weight excluding hydrogens is 324 g/mol. The molecule has 27 heavy (non-hydrogen) atoms. The van der Waals surface area contributed by atoms with Gasteiger partial charge in [0, 0.05) is 5.41 Å². The van der Waals surface area contributed by atoms with Gasteiger partial charge in [-0.05, 0) is 64.3 Å². The fraction of sp³-hybridized carbons (Fsp3) is 0.556. The molecule has 3 unspecified atom stereocenters. The predicted octanol–water partition coefficient (Wildman–Crippen LogP) is 8.12. The van der Waals surface area contributed by atoms with Gasteiger partial charge in [-0.15, -0.1) is 0 Å². The van der Waals surface area contributed by atoms with Gasteiger partial charge in [0.2, 0.25) is 0 Å². The van der Waals surface area contributed by atoms with E-state index in [1.165, 1.54) is 36.8 Å². The van der Waals surface area contributed by atoms with E-state index in [9.17, 15) is 0 Å². The monoisotopic (exact) mass is 362 g/mol. The Morgan fingerprint density at radius 3 is 2.07 bits per heavy atom. The van der Waals surface area contributed by atoms with Crippen molar-refractivity contribution in [1.29, 1.82) is 0 Å². The van der Waals surface area contributed by atoms with Crippen molar-refractivity contribution in [3.05, 3.63) is 59.2 Å². The minimum absolute atomic E-state index is 0.211. The van der Waals surface area contributed by atoms with Gasteiger partial charge in [0.25, 0.3) is 0 Å². The first-order valence-electron chi connectivity index (χ1n) is 11.3. The van der Waals surface area contributed by atoms with Crippen LogP contribution in [0.25, 0.3) is 11.1 Å². The van der Waals surface area contributed by atoms with Crippen LogP contribution in [0.1, 0.15) is 90.8 Å². The first-order chi connectivity index (χ1) is 13.0. The number of fused-ring (bicyclic) bond motifs is 8. The van der Waals surface area contributed by atoms with Gasteiger partial charge in [-0.3, -0.25) is 0 Å². The molecule has 0 heterocycles. The van der Waals surface area contributed by atoms with Crippen molar-refractivity contribution in [3.8, 4) is 11.1 Å². The zero-order valence-electron chi connectivity index (χ0n) is 18.5. The molecule has 2 fully saturated rings. The van der Waals surface area contributed by atoms with E-state index in [1.54, 1.807) is 16.7 Å². The second kappa shape index (κ2) is 7.46. The molecule has 0 radical (unpaired) electrons. The molecule has 2 saturated carbocycles. The molecule has 3 atom stereocenters. The summed E-state index contributed by atoms with van der Waals surface area (Å²) < 4.78 is 0. The third kappa shape index (κ3) is 2.87. The number of hydrogen-bond acceptors (Lipinski definition) is 0. The molecule has 2 aromatic carbocycles. The maximum Gasteiger partial charge on any atom is 0.0249 e. The lowest BCUT2D eigenvalue weighted by Gasteiger charge is -2.39. The van der Waals surface area contributed by atoms with Crippen LogP contribution < -0.4 is 0 Å². The van der Waals surface area contributed by atoms with Crippen LogP contribution in [-0.2, 0) is 10.8 Å². The maximum atomic E-state index is 2.43. The maximum absolute atomic E-state index is 2.43. The minimum atomic E-state index is 0.211. The van der Waals surface area contributed by atoms with E-state index in [0.717, 1.165) is 11.8 Å². The third-order valence-electron chi connectivity index (χ3n) is 6.87. The molecule has 1 spiro atoms. The van der Waals surface area contributed by atoms with E-state index in [1.807, 2.05) is 27.7 Å². The Hall–Kier alpha value is -1.56. The van der Waals surface area contributed by atoms with Crippen LogP contribution in [0.15, 0.2) is 42.5 Å². The third-order valence-corrected chi connectivity index (χ3v) is 6.87. The van der Waals surface area contributed by atoms with Crippen molar-refractivity contribution < 1.29 is 0 Å². The van der Waals surface area contributed by atoms with E-state index in [0.29, 0.717) is 5.41 Å². The highest BCUT2D eigenvalue weighted by molar-refractivity contribution is 5.83. The van der Waals surface area contributed by atoms with Crippen LogP contribution in [0.4, 0.5) is 0 Å². The summed E-state index contributed by atoms with van der Waals surface area (Å²) in [6, 6.07) is 16.3. The van der Waals surface area contributed by atoms with E-state index in [4.69, 9.17) is 0 Å². The fourth-order valence-electron chi connectivity index (χ4n) is 6.09. The summed E-state index contributed by atoms with van der Waals surface area (Å²) in [5.41, 5.74) is 8.49. The van der Waals surface area contributed by atoms with E-state index in [2.05, 4.69) is 63.2 Å². The van der Waals surface area contributed by atoms with Gasteiger partial charge in [0.1, 0.15) is 0 Å². The summed E-state index contributed by atoms with van der Waals surface area (Å²) in [4.78, 5) is 0. The molecule has 5 rings (SSSR count). The van der Waals surface area contributed by atoms with E-state index < -0.39 is 0 Å². The Bertz CT molecular complexity index is 792. The quantitative estimate of drug-likeness (QED) is 0.444. The van der Waals surface area contributed by atoms with Gasteiger partial charge in [-0.1, -0.05) is 97.4 Å². The Morgan fingerprint density at radius 1 is 0.815 bits per heavy atom. The van der Waals surface area contributed by atoms with Crippen molar-refractivity contribution in [1.82, 2.24) is 0 Å². The molecule has 2 aromatic rings. The van der Waals surface area contributed by atoms with Crippen molar-refractivity contribution in [2.75, 3.05) is 0 Å². The highest BCUT2D eigenvalue weighted by Crippen LogP contribution is 2.66. The molecule has 146 valence electrons. The van der Waals surface area contributed by atoms with Crippen molar-refractivity contribution in [3.63, 3.8) is 0 Å². The minimum Gasteiger partial charge on any atom is -0.0683 e. The SMILES string of the molecule is CC.CC.CC(C)(C)c1cccc2c1C1(CC3CCC1C3)c1ccccc1-2. The molecule has 0 aliphatic heterocycles. The van der Waals surface area contributed by atoms with Crippen LogP contribution >= 0.6 is 0 Å². The fourth-order valence-corrected chi connectivity index (χ4v) is 6.09. The number of hydrogen-bond donors (Lipinski definition) is 0. The van der Waals surface area contributed by atoms with Crippen molar-refractivity contribution >= 4 is 0 Å². The second-order valence-electron chi connectivity index (χ2n) is 9.08. The Morgan fingerprint density at radius 2 is 1.48 bits per heavy atom. The molecule has 0 N–H and O–H groups in total. The summed E-state index contributed by atoms with van der Waals surface area (Å²) in [7, 11) is 0. The van der Waals surface area contributed by atoms with Crippen LogP contribution in [0.2, 0.25) is 0 Å². The van der Waals surface area contributed by atoms with Gasteiger partial charge in [0.05, 0.1) is 0 Å². The zero-order chi connectivity index (χ0) is 19.8. The van der Waals surface area contributed by atoms with Crippen molar-refractivity contribution in [2.24, 2.45) is 11.8 Å². The first-order valence-corrected chi connectivity index (χ1v) is 11.3. The lowest BCUT2D eigenvalue weighted by molar-refractivity contribution is 0.322. The average Bonchev–Trinajstić information content (AvgIpc) is 3.38. The highest BCUT2D eigenvalue weighted by Gasteiger charge is 2.57. The lowest BCUT2D eigenvalue weighted by Crippen LogP contribution is -2.34. The zero-order valence-corrected chi connectivity index (χ0v) is 18.5. The smallest absolute Gasteiger partial charge is 0.0249 e. The van der Waals surface area contributed by atoms with Crippen LogP contribution in [0.5, 0.6) is 0 Å². The first kappa shape index (κ1) is 20.2. The number of benzene rings is 2. The molecule has 3 aliphatic carbocycles. The molecule has 0 amide bonds. The summed E-state index contributed by atoms with van der Waals surface area (Å²) in [6.45, 7) is 15.1. The topological polar surface area (TPSA) is 0 Å². The second-order valence-corrected chi connectivity index (χ2v) is 9.08. The van der Waals surface area contributed by atoms with Gasteiger partial charge in [0.15, 0.2) is 0 Å². The number of rotatable bonds is 0. The Labute approximate surface area is 167 Å². The standard InChI is InChI=1S/C23H26.2C2H6/c1-22(2,3)20-10-6-8-18-17-7-4-5-9-19(17)23(21(18)20)14-15-11-12-16(23)13-15;2*1-2/h4-10,15-16H,11-14H2,1-3H3;2*1-2H3. The summed E-state index contributed by atoms with van der Waals surface area (Å²) >= 11 is 0. The summed E-state index contributed by atoms with van der Waals surface area (Å²) in [6.07, 6.45) is 5.72. The van der Waals surface area contributed by atoms with Crippen LogP contribution in [0.3, 0.4) is 0 Å². The summed E-state index contributed by atoms with van der Waals surface area (Å²) in [5.74, 6) is 1.81. The average molecular weight is 363 g/mol. The Balaban J connectivity index is 0.000000495. The molecule has 0 nitrogen and oxygen atoms in total. The van der Waals surface area contributed by atoms with Crippen molar-refractivity contribution in [2.45, 2.75) is 85.0 Å². The Kier molecular flexibility index (Phi) is 5.57. The molecule has 3 aliphatic rings. The molecule has 0 heteroatoms. The van der Waals surface area contributed by atoms with Crippen LogP contribution in [0, 0.1) is 11.8 Å².